The van der Waals surface area contributed by atoms with Crippen LogP contribution in [0.3, 0.4) is 0 Å². The van der Waals surface area contributed by atoms with Gasteiger partial charge in [-0.1, -0.05) is 6.07 Å². The normalized spacial score (nSPS) is 20.2. The standard InChI is InChI=1S/C28H38N4O3/c1-28(2,3)35-27(33)32-13-7-10-22(17-32)29-24-16-20-9-6-5-8-19-14-21(18-11-12-18)15-23(34-4)25(19)26(20)31-30-24/h14-16,18,22H,5-13,17H2,1-4H3,(H,29,30)/t22-/m1/s1. The molecule has 2 fully saturated rings. The van der Waals surface area contributed by atoms with Gasteiger partial charge in [0.15, 0.2) is 0 Å². The van der Waals surface area contributed by atoms with E-state index in [2.05, 4.69) is 28.6 Å². The Morgan fingerprint density at radius 1 is 1.03 bits per heavy atom. The molecule has 1 saturated carbocycles. The fourth-order valence-corrected chi connectivity index (χ4v) is 5.31. The Morgan fingerprint density at radius 2 is 1.80 bits per heavy atom. The first kappa shape index (κ1) is 23.9. The van der Waals surface area contributed by atoms with E-state index in [1.165, 1.54) is 29.5 Å². The quantitative estimate of drug-likeness (QED) is 0.606. The maximum absolute atomic E-state index is 12.6. The number of hydrogen-bond acceptors (Lipinski definition) is 6. The number of nitrogens with zero attached hydrogens (tertiary/aromatic N) is 3. The highest BCUT2D eigenvalue weighted by atomic mass is 16.6. The van der Waals surface area contributed by atoms with Crippen molar-refractivity contribution in [2.45, 2.75) is 89.7 Å². The Bertz CT molecular complexity index is 1090. The SMILES string of the molecule is COc1cc(C2CC2)cc2c1-c1nnc(N[C@@H]3CCCN(C(=O)OC(C)(C)C)C3)cc1CCCC2. The molecule has 35 heavy (non-hydrogen) atoms. The smallest absolute Gasteiger partial charge is 0.410 e. The molecule has 1 amide bonds. The third-order valence-electron chi connectivity index (χ3n) is 7.15. The minimum Gasteiger partial charge on any atom is -0.496 e. The van der Waals surface area contributed by atoms with Crippen molar-refractivity contribution in [1.29, 1.82) is 0 Å². The van der Waals surface area contributed by atoms with Gasteiger partial charge in [0.2, 0.25) is 0 Å². The van der Waals surface area contributed by atoms with Crippen LogP contribution in [0.15, 0.2) is 18.2 Å². The molecule has 0 spiro atoms. The lowest BCUT2D eigenvalue weighted by atomic mass is 9.89. The molecule has 2 heterocycles. The Hall–Kier alpha value is -2.83. The molecule has 1 aromatic heterocycles. The second kappa shape index (κ2) is 9.67. The summed E-state index contributed by atoms with van der Waals surface area (Å²) in [5.41, 5.74) is 5.52. The number of carbonyl (C=O) groups is 1. The number of ether oxygens (including phenoxy) is 2. The van der Waals surface area contributed by atoms with Gasteiger partial charge in [-0.3, -0.25) is 0 Å². The Balaban J connectivity index is 1.37. The van der Waals surface area contributed by atoms with Crippen LogP contribution in [0.1, 0.15) is 81.9 Å². The highest BCUT2D eigenvalue weighted by Crippen LogP contribution is 2.45. The van der Waals surface area contributed by atoms with Gasteiger partial charge in [0.05, 0.1) is 7.11 Å². The van der Waals surface area contributed by atoms with Gasteiger partial charge in [-0.15, -0.1) is 10.2 Å². The number of aromatic nitrogens is 2. The number of methoxy groups -OCH3 is 1. The number of likely N-dealkylation sites (tertiary alicyclic amines) is 1. The summed E-state index contributed by atoms with van der Waals surface area (Å²) in [6, 6.07) is 6.87. The number of fused-ring (bicyclic) bond motifs is 3. The number of aryl methyl sites for hydroxylation is 2. The Kier molecular flexibility index (Phi) is 6.60. The fraction of sp³-hybridized carbons (Fsp3) is 0.607. The van der Waals surface area contributed by atoms with E-state index in [1.54, 1.807) is 12.0 Å². The van der Waals surface area contributed by atoms with E-state index in [0.29, 0.717) is 12.5 Å². The molecule has 7 heteroatoms. The van der Waals surface area contributed by atoms with Gasteiger partial charge in [-0.25, -0.2) is 4.79 Å². The first-order valence-electron chi connectivity index (χ1n) is 13.1. The minimum absolute atomic E-state index is 0.125. The molecule has 1 saturated heterocycles. The maximum Gasteiger partial charge on any atom is 0.410 e. The van der Waals surface area contributed by atoms with E-state index >= 15 is 0 Å². The van der Waals surface area contributed by atoms with Crippen molar-refractivity contribution >= 4 is 11.9 Å². The number of benzene rings is 1. The third kappa shape index (κ3) is 5.54. The van der Waals surface area contributed by atoms with E-state index in [-0.39, 0.29) is 12.1 Å². The summed E-state index contributed by atoms with van der Waals surface area (Å²) in [5.74, 6) is 2.38. The summed E-state index contributed by atoms with van der Waals surface area (Å²) in [7, 11) is 1.76. The lowest BCUT2D eigenvalue weighted by Gasteiger charge is -2.34. The summed E-state index contributed by atoms with van der Waals surface area (Å²) < 4.78 is 11.4. The molecule has 2 aliphatic carbocycles. The molecule has 5 rings (SSSR count). The number of piperidine rings is 1. The molecule has 3 aliphatic rings. The highest BCUT2D eigenvalue weighted by Gasteiger charge is 2.30. The van der Waals surface area contributed by atoms with Crippen LogP contribution in [-0.4, -0.2) is 53.0 Å². The number of hydrogen-bond donors (Lipinski definition) is 1. The first-order valence-corrected chi connectivity index (χ1v) is 13.1. The van der Waals surface area contributed by atoms with E-state index in [0.717, 1.165) is 67.9 Å². The number of amides is 1. The average molecular weight is 479 g/mol. The number of nitrogens with one attached hydrogen (secondary N) is 1. The second-order valence-electron chi connectivity index (χ2n) is 11.3. The van der Waals surface area contributed by atoms with Crippen molar-refractivity contribution in [3.05, 3.63) is 34.9 Å². The molecule has 2 aromatic rings. The molecular weight excluding hydrogens is 440 g/mol. The molecule has 0 radical (unpaired) electrons. The van der Waals surface area contributed by atoms with Crippen molar-refractivity contribution in [3.63, 3.8) is 0 Å². The highest BCUT2D eigenvalue weighted by molar-refractivity contribution is 5.75. The molecule has 1 aliphatic heterocycles. The summed E-state index contributed by atoms with van der Waals surface area (Å²) >= 11 is 0. The van der Waals surface area contributed by atoms with Crippen molar-refractivity contribution < 1.29 is 14.3 Å². The van der Waals surface area contributed by atoms with Crippen molar-refractivity contribution in [3.8, 4) is 17.0 Å². The lowest BCUT2D eigenvalue weighted by molar-refractivity contribution is 0.0206. The number of rotatable bonds is 4. The molecular formula is C28H38N4O3. The van der Waals surface area contributed by atoms with E-state index in [4.69, 9.17) is 14.6 Å². The third-order valence-corrected chi connectivity index (χ3v) is 7.15. The summed E-state index contributed by atoms with van der Waals surface area (Å²) in [6.45, 7) is 7.03. The van der Waals surface area contributed by atoms with Gasteiger partial charge in [-0.05, 0) is 107 Å². The van der Waals surface area contributed by atoms with Crippen molar-refractivity contribution in [1.82, 2.24) is 15.1 Å². The fourth-order valence-electron chi connectivity index (χ4n) is 5.31. The summed E-state index contributed by atoms with van der Waals surface area (Å²) in [5, 5.41) is 12.9. The predicted octanol–water partition coefficient (Wildman–Crippen LogP) is 5.72. The first-order chi connectivity index (χ1) is 16.8. The van der Waals surface area contributed by atoms with Crippen LogP contribution in [0.5, 0.6) is 5.75 Å². The number of carbonyl (C=O) groups excluding carboxylic acids is 1. The van der Waals surface area contributed by atoms with Crippen LogP contribution in [0.25, 0.3) is 11.3 Å². The van der Waals surface area contributed by atoms with Crippen LogP contribution >= 0.6 is 0 Å². The molecule has 0 bridgehead atoms. The van der Waals surface area contributed by atoms with Gasteiger partial charge >= 0.3 is 6.09 Å². The predicted molar refractivity (Wildman–Crippen MR) is 137 cm³/mol. The largest absolute Gasteiger partial charge is 0.496 e. The molecule has 7 nitrogen and oxygen atoms in total. The minimum atomic E-state index is -0.491. The summed E-state index contributed by atoms with van der Waals surface area (Å²) in [6.07, 6.45) is 8.53. The molecule has 1 N–H and O–H groups in total. The Labute approximate surface area is 208 Å². The van der Waals surface area contributed by atoms with Gasteiger partial charge in [-0.2, -0.15) is 0 Å². The summed E-state index contributed by atoms with van der Waals surface area (Å²) in [4.78, 5) is 14.4. The zero-order chi connectivity index (χ0) is 24.6. The topological polar surface area (TPSA) is 76.6 Å². The van der Waals surface area contributed by atoms with E-state index < -0.39 is 5.60 Å². The molecule has 1 aromatic carbocycles. The van der Waals surface area contributed by atoms with Crippen LogP contribution in [0.2, 0.25) is 0 Å². The second-order valence-corrected chi connectivity index (χ2v) is 11.3. The van der Waals surface area contributed by atoms with E-state index in [1.807, 2.05) is 20.8 Å². The van der Waals surface area contributed by atoms with Gasteiger partial charge in [0, 0.05) is 24.7 Å². The van der Waals surface area contributed by atoms with Gasteiger partial charge in [0.25, 0.3) is 0 Å². The maximum atomic E-state index is 12.6. The zero-order valence-corrected chi connectivity index (χ0v) is 21.5. The zero-order valence-electron chi connectivity index (χ0n) is 21.5. The molecule has 188 valence electrons. The molecule has 1 atom stereocenters. The van der Waals surface area contributed by atoms with E-state index in [9.17, 15) is 4.79 Å². The van der Waals surface area contributed by atoms with Crippen molar-refractivity contribution in [2.24, 2.45) is 0 Å². The lowest BCUT2D eigenvalue weighted by Crippen LogP contribution is -2.47. The Morgan fingerprint density at radius 3 is 2.51 bits per heavy atom. The van der Waals surface area contributed by atoms with Crippen LogP contribution in [-0.2, 0) is 17.6 Å². The van der Waals surface area contributed by atoms with Crippen LogP contribution < -0.4 is 10.1 Å². The van der Waals surface area contributed by atoms with Crippen molar-refractivity contribution in [2.75, 3.05) is 25.5 Å². The van der Waals surface area contributed by atoms with Gasteiger partial charge < -0.3 is 19.7 Å². The van der Waals surface area contributed by atoms with Gasteiger partial charge in [0.1, 0.15) is 22.9 Å². The average Bonchev–Trinajstić information content (AvgIpc) is 3.65. The van der Waals surface area contributed by atoms with Crippen LogP contribution in [0, 0.1) is 0 Å². The van der Waals surface area contributed by atoms with Crippen LogP contribution in [0.4, 0.5) is 10.6 Å². The number of anilines is 1. The molecule has 0 unspecified atom stereocenters. The monoisotopic (exact) mass is 478 g/mol.